The fraction of sp³-hybridized carbons (Fsp3) is 0.941. The van der Waals surface area contributed by atoms with Crippen LogP contribution in [0.25, 0.3) is 0 Å². The Balaban J connectivity index is 1.63. The van der Waals surface area contributed by atoms with Gasteiger partial charge in [0.2, 0.25) is 5.91 Å². The van der Waals surface area contributed by atoms with E-state index in [0.29, 0.717) is 24.4 Å². The molecule has 20 heavy (non-hydrogen) atoms. The molecule has 0 saturated heterocycles. The monoisotopic (exact) mass is 278 g/mol. The Hall–Kier alpha value is -0.570. The Bertz CT molecular complexity index is 326. The van der Waals surface area contributed by atoms with E-state index in [1.807, 2.05) is 0 Å². The van der Waals surface area contributed by atoms with E-state index < -0.39 is 0 Å². The molecule has 3 rings (SSSR count). The van der Waals surface area contributed by atoms with Crippen molar-refractivity contribution in [1.29, 1.82) is 0 Å². The lowest BCUT2D eigenvalue weighted by molar-refractivity contribution is -0.136. The SMILES string of the molecule is NCCCN(C(=O)C1C2CCCCC21)C1CCCCC1. The van der Waals surface area contributed by atoms with Gasteiger partial charge in [0.15, 0.2) is 0 Å². The molecule has 114 valence electrons. The van der Waals surface area contributed by atoms with Crippen LogP contribution in [0.5, 0.6) is 0 Å². The average Bonchev–Trinajstić information content (AvgIpc) is 3.23. The van der Waals surface area contributed by atoms with Gasteiger partial charge in [-0.2, -0.15) is 0 Å². The van der Waals surface area contributed by atoms with Crippen LogP contribution in [0.1, 0.15) is 64.2 Å². The fourth-order valence-electron chi connectivity index (χ4n) is 4.68. The van der Waals surface area contributed by atoms with Gasteiger partial charge in [0.25, 0.3) is 0 Å². The van der Waals surface area contributed by atoms with Crippen LogP contribution in [0.4, 0.5) is 0 Å². The first-order chi connectivity index (χ1) is 9.83. The minimum atomic E-state index is 0.386. The van der Waals surface area contributed by atoms with Gasteiger partial charge in [-0.15, -0.1) is 0 Å². The highest BCUT2D eigenvalue weighted by Crippen LogP contribution is 2.56. The molecule has 3 saturated carbocycles. The molecule has 0 radical (unpaired) electrons. The van der Waals surface area contributed by atoms with Crippen molar-refractivity contribution in [3.8, 4) is 0 Å². The minimum absolute atomic E-state index is 0.386. The van der Waals surface area contributed by atoms with Crippen LogP contribution in [0.2, 0.25) is 0 Å². The summed E-state index contributed by atoms with van der Waals surface area (Å²) in [7, 11) is 0. The zero-order valence-corrected chi connectivity index (χ0v) is 12.7. The van der Waals surface area contributed by atoms with Crippen molar-refractivity contribution in [2.75, 3.05) is 13.1 Å². The molecular weight excluding hydrogens is 248 g/mol. The number of rotatable bonds is 5. The van der Waals surface area contributed by atoms with Crippen molar-refractivity contribution in [2.45, 2.75) is 70.3 Å². The Morgan fingerprint density at radius 2 is 1.55 bits per heavy atom. The molecular formula is C17H30N2O. The van der Waals surface area contributed by atoms with Gasteiger partial charge in [0.1, 0.15) is 0 Å². The molecule has 3 nitrogen and oxygen atoms in total. The van der Waals surface area contributed by atoms with Gasteiger partial charge in [-0.3, -0.25) is 4.79 Å². The molecule has 1 amide bonds. The van der Waals surface area contributed by atoms with Crippen LogP contribution in [0, 0.1) is 17.8 Å². The lowest BCUT2D eigenvalue weighted by Gasteiger charge is -2.35. The van der Waals surface area contributed by atoms with E-state index in [9.17, 15) is 4.79 Å². The molecule has 0 aromatic rings. The molecule has 0 aliphatic heterocycles. The van der Waals surface area contributed by atoms with Crippen molar-refractivity contribution >= 4 is 5.91 Å². The van der Waals surface area contributed by atoms with E-state index >= 15 is 0 Å². The molecule has 2 N–H and O–H groups in total. The second-order valence-electron chi connectivity index (χ2n) is 7.10. The Kier molecular flexibility index (Phi) is 4.65. The third-order valence-electron chi connectivity index (χ3n) is 5.84. The lowest BCUT2D eigenvalue weighted by atomic mass is 9.93. The number of fused-ring (bicyclic) bond motifs is 1. The number of hydrogen-bond acceptors (Lipinski definition) is 2. The fourth-order valence-corrected chi connectivity index (χ4v) is 4.68. The van der Waals surface area contributed by atoms with Gasteiger partial charge in [-0.1, -0.05) is 32.1 Å². The molecule has 3 heteroatoms. The normalized spacial score (nSPS) is 33.5. The van der Waals surface area contributed by atoms with Crippen molar-refractivity contribution in [3.63, 3.8) is 0 Å². The summed E-state index contributed by atoms with van der Waals surface area (Å²) in [5.41, 5.74) is 5.68. The Labute approximate surface area is 123 Å². The van der Waals surface area contributed by atoms with E-state index in [1.54, 1.807) is 0 Å². The molecule has 0 aromatic heterocycles. The molecule has 0 heterocycles. The van der Waals surface area contributed by atoms with E-state index in [-0.39, 0.29) is 0 Å². The zero-order valence-electron chi connectivity index (χ0n) is 12.7. The molecule has 0 spiro atoms. The molecule has 2 unspecified atom stereocenters. The maximum absolute atomic E-state index is 13.0. The highest BCUT2D eigenvalue weighted by atomic mass is 16.2. The van der Waals surface area contributed by atoms with Gasteiger partial charge in [-0.05, 0) is 50.5 Å². The van der Waals surface area contributed by atoms with Crippen molar-refractivity contribution in [3.05, 3.63) is 0 Å². The maximum Gasteiger partial charge on any atom is 0.226 e. The molecule has 0 aromatic carbocycles. The van der Waals surface area contributed by atoms with E-state index in [0.717, 1.165) is 24.8 Å². The maximum atomic E-state index is 13.0. The summed E-state index contributed by atoms with van der Waals surface area (Å²) in [4.78, 5) is 15.2. The third kappa shape index (κ3) is 2.88. The molecule has 2 atom stereocenters. The van der Waals surface area contributed by atoms with E-state index in [4.69, 9.17) is 5.73 Å². The number of amides is 1. The predicted octanol–water partition coefficient (Wildman–Crippen LogP) is 2.93. The van der Waals surface area contributed by atoms with Crippen LogP contribution < -0.4 is 5.73 Å². The second kappa shape index (κ2) is 6.46. The smallest absolute Gasteiger partial charge is 0.226 e. The van der Waals surface area contributed by atoms with Gasteiger partial charge >= 0.3 is 0 Å². The van der Waals surface area contributed by atoms with Gasteiger partial charge < -0.3 is 10.6 Å². The van der Waals surface area contributed by atoms with Crippen molar-refractivity contribution < 1.29 is 4.79 Å². The Morgan fingerprint density at radius 3 is 2.15 bits per heavy atom. The molecule has 3 aliphatic rings. The third-order valence-corrected chi connectivity index (χ3v) is 5.84. The van der Waals surface area contributed by atoms with Crippen LogP contribution in [0.3, 0.4) is 0 Å². The van der Waals surface area contributed by atoms with Gasteiger partial charge in [0.05, 0.1) is 0 Å². The topological polar surface area (TPSA) is 46.3 Å². The highest BCUT2D eigenvalue weighted by Gasteiger charge is 2.56. The van der Waals surface area contributed by atoms with Crippen LogP contribution in [-0.2, 0) is 4.79 Å². The summed E-state index contributed by atoms with van der Waals surface area (Å²) < 4.78 is 0. The zero-order chi connectivity index (χ0) is 13.9. The minimum Gasteiger partial charge on any atom is -0.339 e. The quantitative estimate of drug-likeness (QED) is 0.840. The van der Waals surface area contributed by atoms with Crippen LogP contribution in [-0.4, -0.2) is 29.9 Å². The summed E-state index contributed by atoms with van der Waals surface area (Å²) in [6, 6.07) is 0.519. The average molecular weight is 278 g/mol. The largest absolute Gasteiger partial charge is 0.339 e. The number of hydrogen-bond donors (Lipinski definition) is 1. The second-order valence-corrected chi connectivity index (χ2v) is 7.10. The summed E-state index contributed by atoms with van der Waals surface area (Å²) in [5, 5.41) is 0. The van der Waals surface area contributed by atoms with Crippen molar-refractivity contribution in [1.82, 2.24) is 4.90 Å². The van der Waals surface area contributed by atoms with Crippen molar-refractivity contribution in [2.24, 2.45) is 23.5 Å². The van der Waals surface area contributed by atoms with Gasteiger partial charge in [0, 0.05) is 18.5 Å². The number of carbonyl (C=O) groups is 1. The van der Waals surface area contributed by atoms with Crippen LogP contribution in [0.15, 0.2) is 0 Å². The standard InChI is InChI=1S/C17H30N2O/c18-11-6-12-19(13-7-2-1-3-8-13)17(20)16-14-9-4-5-10-15(14)16/h13-16H,1-12,18H2. The number of carbonyl (C=O) groups excluding carboxylic acids is 1. The first kappa shape index (κ1) is 14.4. The predicted molar refractivity (Wildman–Crippen MR) is 81.2 cm³/mol. The van der Waals surface area contributed by atoms with Crippen LogP contribution >= 0.6 is 0 Å². The number of nitrogens with zero attached hydrogens (tertiary/aromatic N) is 1. The number of nitrogens with two attached hydrogens (primary N) is 1. The first-order valence-corrected chi connectivity index (χ1v) is 8.83. The van der Waals surface area contributed by atoms with E-state index in [2.05, 4.69) is 4.90 Å². The molecule has 3 aliphatic carbocycles. The Morgan fingerprint density at radius 1 is 0.950 bits per heavy atom. The molecule has 0 bridgehead atoms. The van der Waals surface area contributed by atoms with Gasteiger partial charge in [-0.25, -0.2) is 0 Å². The molecule has 3 fully saturated rings. The summed E-state index contributed by atoms with van der Waals surface area (Å²) in [6.45, 7) is 1.60. The summed E-state index contributed by atoms with van der Waals surface area (Å²) in [5.74, 6) is 2.35. The summed E-state index contributed by atoms with van der Waals surface area (Å²) in [6.07, 6.45) is 12.6. The van der Waals surface area contributed by atoms with E-state index in [1.165, 1.54) is 57.8 Å². The summed E-state index contributed by atoms with van der Waals surface area (Å²) >= 11 is 0. The highest BCUT2D eigenvalue weighted by molar-refractivity contribution is 5.82. The lowest BCUT2D eigenvalue weighted by Crippen LogP contribution is -2.43. The first-order valence-electron chi connectivity index (χ1n) is 8.83.